The predicted molar refractivity (Wildman–Crippen MR) is 67.7 cm³/mol. The summed E-state index contributed by atoms with van der Waals surface area (Å²) in [5.74, 6) is 0.805. The largest absolute Gasteiger partial charge is 0.484 e. The van der Waals surface area contributed by atoms with Crippen LogP contribution in [0.3, 0.4) is 0 Å². The van der Waals surface area contributed by atoms with Gasteiger partial charge in [-0.25, -0.2) is 0 Å². The first kappa shape index (κ1) is 11.0. The van der Waals surface area contributed by atoms with Gasteiger partial charge in [0, 0.05) is 18.0 Å². The Hall–Kier alpha value is -2.16. The summed E-state index contributed by atoms with van der Waals surface area (Å²) in [6.07, 6.45) is 3.62. The molecule has 3 heteroatoms. The first-order valence-corrected chi connectivity index (χ1v) is 5.94. The molecule has 0 N–H and O–H groups in total. The van der Waals surface area contributed by atoms with Gasteiger partial charge in [-0.1, -0.05) is 17.7 Å². The van der Waals surface area contributed by atoms with E-state index in [1.165, 1.54) is 0 Å². The molecule has 0 radical (unpaired) electrons. The number of aryl methyl sites for hydroxylation is 1. The zero-order chi connectivity index (χ0) is 12.5. The van der Waals surface area contributed by atoms with E-state index in [2.05, 4.69) is 4.98 Å². The molecule has 0 amide bonds. The highest BCUT2D eigenvalue weighted by Crippen LogP contribution is 2.34. The monoisotopic (exact) mass is 239 g/mol. The minimum atomic E-state index is -0.221. The summed E-state index contributed by atoms with van der Waals surface area (Å²) in [4.78, 5) is 16.2. The van der Waals surface area contributed by atoms with Crippen LogP contribution in [0, 0.1) is 6.92 Å². The molecule has 18 heavy (non-hydrogen) atoms. The van der Waals surface area contributed by atoms with Crippen LogP contribution in [0.15, 0.2) is 42.7 Å². The van der Waals surface area contributed by atoms with Crippen molar-refractivity contribution in [3.8, 4) is 5.75 Å². The van der Waals surface area contributed by atoms with Crippen LogP contribution in [0.4, 0.5) is 0 Å². The minimum absolute atomic E-state index is 0.133. The number of aromatic nitrogens is 1. The third-order valence-electron chi connectivity index (χ3n) is 3.13. The fraction of sp³-hybridized carbons (Fsp3) is 0.200. The van der Waals surface area contributed by atoms with Gasteiger partial charge in [-0.05, 0) is 25.1 Å². The number of ether oxygens (including phenoxy) is 1. The average molecular weight is 239 g/mol. The molecular weight excluding hydrogens is 226 g/mol. The van der Waals surface area contributed by atoms with Gasteiger partial charge in [0.1, 0.15) is 11.9 Å². The number of Topliss-reactive ketones (excluding diaryl/α,β-unsaturated/α-hetero) is 1. The van der Waals surface area contributed by atoms with Crippen molar-refractivity contribution in [3.05, 3.63) is 59.4 Å². The van der Waals surface area contributed by atoms with Crippen LogP contribution >= 0.6 is 0 Å². The van der Waals surface area contributed by atoms with Crippen LogP contribution in [-0.4, -0.2) is 10.8 Å². The van der Waals surface area contributed by atoms with Crippen LogP contribution in [0.25, 0.3) is 0 Å². The van der Waals surface area contributed by atoms with Gasteiger partial charge in [-0.3, -0.25) is 9.78 Å². The number of ketones is 1. The first-order chi connectivity index (χ1) is 8.74. The van der Waals surface area contributed by atoms with Crippen molar-refractivity contribution < 1.29 is 9.53 Å². The van der Waals surface area contributed by atoms with E-state index in [0.29, 0.717) is 17.7 Å². The summed E-state index contributed by atoms with van der Waals surface area (Å²) in [6.45, 7) is 1.97. The molecule has 0 aliphatic carbocycles. The molecule has 0 unspecified atom stereocenters. The number of rotatable bonds is 1. The lowest BCUT2D eigenvalue weighted by atomic mass is 9.96. The number of fused-ring (bicyclic) bond motifs is 1. The number of carbonyl (C=O) groups is 1. The maximum absolute atomic E-state index is 12.1. The molecule has 0 fully saturated rings. The molecule has 0 saturated carbocycles. The van der Waals surface area contributed by atoms with E-state index in [0.717, 1.165) is 11.1 Å². The highest BCUT2D eigenvalue weighted by Gasteiger charge is 2.27. The summed E-state index contributed by atoms with van der Waals surface area (Å²) in [7, 11) is 0. The molecule has 2 aromatic rings. The molecule has 0 bridgehead atoms. The van der Waals surface area contributed by atoms with Gasteiger partial charge in [0.25, 0.3) is 0 Å². The standard InChI is InChI=1S/C15H13NO2/c1-10-4-5-14-12(7-10)13(17)8-15(18-14)11-3-2-6-16-9-11/h2-7,9,15H,8H2,1H3/t15-/m0/s1. The Morgan fingerprint density at radius 3 is 3.00 bits per heavy atom. The van der Waals surface area contributed by atoms with Crippen LogP contribution in [-0.2, 0) is 0 Å². The molecule has 1 aliphatic rings. The van der Waals surface area contributed by atoms with Gasteiger partial charge in [-0.2, -0.15) is 0 Å². The second kappa shape index (κ2) is 4.26. The molecule has 1 atom stereocenters. The van der Waals surface area contributed by atoms with E-state index in [1.54, 1.807) is 12.4 Å². The number of pyridine rings is 1. The first-order valence-electron chi connectivity index (χ1n) is 5.94. The minimum Gasteiger partial charge on any atom is -0.484 e. The Labute approximate surface area is 105 Å². The Balaban J connectivity index is 1.97. The van der Waals surface area contributed by atoms with Crippen molar-refractivity contribution >= 4 is 5.78 Å². The van der Waals surface area contributed by atoms with Crippen molar-refractivity contribution in [2.75, 3.05) is 0 Å². The zero-order valence-electron chi connectivity index (χ0n) is 10.1. The van der Waals surface area contributed by atoms with Crippen LogP contribution in [0.1, 0.15) is 34.0 Å². The smallest absolute Gasteiger partial charge is 0.170 e. The Morgan fingerprint density at radius 1 is 1.33 bits per heavy atom. The maximum Gasteiger partial charge on any atom is 0.170 e. The molecule has 3 nitrogen and oxygen atoms in total. The molecule has 1 aliphatic heterocycles. The summed E-state index contributed by atoms with van der Waals surface area (Å²) < 4.78 is 5.88. The fourth-order valence-electron chi connectivity index (χ4n) is 2.19. The SMILES string of the molecule is Cc1ccc2c(c1)C(=O)C[C@@H](c1cccnc1)O2. The van der Waals surface area contributed by atoms with Gasteiger partial charge in [0.2, 0.25) is 0 Å². The summed E-state index contributed by atoms with van der Waals surface area (Å²) >= 11 is 0. The number of hydrogen-bond acceptors (Lipinski definition) is 3. The lowest BCUT2D eigenvalue weighted by molar-refractivity contribution is 0.0849. The molecular formula is C15H13NO2. The number of carbonyl (C=O) groups excluding carboxylic acids is 1. The predicted octanol–water partition coefficient (Wildman–Crippen LogP) is 3.10. The Morgan fingerprint density at radius 2 is 2.22 bits per heavy atom. The van der Waals surface area contributed by atoms with E-state index in [-0.39, 0.29) is 11.9 Å². The van der Waals surface area contributed by atoms with Crippen molar-refractivity contribution in [1.82, 2.24) is 4.98 Å². The van der Waals surface area contributed by atoms with E-state index >= 15 is 0 Å². The normalized spacial score (nSPS) is 18.1. The van der Waals surface area contributed by atoms with E-state index in [1.807, 2.05) is 37.3 Å². The topological polar surface area (TPSA) is 39.2 Å². The highest BCUT2D eigenvalue weighted by molar-refractivity contribution is 6.00. The molecule has 2 heterocycles. The Bertz CT molecular complexity index is 593. The van der Waals surface area contributed by atoms with Crippen LogP contribution < -0.4 is 4.74 Å². The summed E-state index contributed by atoms with van der Waals surface area (Å²) in [5, 5.41) is 0. The second-order valence-corrected chi connectivity index (χ2v) is 4.52. The maximum atomic E-state index is 12.1. The molecule has 90 valence electrons. The van der Waals surface area contributed by atoms with Crippen molar-refractivity contribution in [2.24, 2.45) is 0 Å². The second-order valence-electron chi connectivity index (χ2n) is 4.52. The van der Waals surface area contributed by atoms with Crippen molar-refractivity contribution in [1.29, 1.82) is 0 Å². The zero-order valence-corrected chi connectivity index (χ0v) is 10.1. The quantitative estimate of drug-likeness (QED) is 0.767. The van der Waals surface area contributed by atoms with Gasteiger partial charge in [0.05, 0.1) is 12.0 Å². The lowest BCUT2D eigenvalue weighted by Crippen LogP contribution is -2.20. The molecule has 0 spiro atoms. The van der Waals surface area contributed by atoms with E-state index < -0.39 is 0 Å². The van der Waals surface area contributed by atoms with Crippen LogP contribution in [0.5, 0.6) is 5.75 Å². The lowest BCUT2D eigenvalue weighted by Gasteiger charge is -2.25. The molecule has 3 rings (SSSR count). The van der Waals surface area contributed by atoms with E-state index in [9.17, 15) is 4.79 Å². The number of nitrogens with zero attached hydrogens (tertiary/aromatic N) is 1. The average Bonchev–Trinajstić information content (AvgIpc) is 2.40. The van der Waals surface area contributed by atoms with Crippen LogP contribution in [0.2, 0.25) is 0 Å². The summed E-state index contributed by atoms with van der Waals surface area (Å²) in [5.41, 5.74) is 2.71. The van der Waals surface area contributed by atoms with Gasteiger partial charge < -0.3 is 4.74 Å². The third kappa shape index (κ3) is 1.88. The van der Waals surface area contributed by atoms with Crippen molar-refractivity contribution in [2.45, 2.75) is 19.4 Å². The molecule has 0 saturated heterocycles. The van der Waals surface area contributed by atoms with Gasteiger partial charge >= 0.3 is 0 Å². The number of benzene rings is 1. The highest BCUT2D eigenvalue weighted by atomic mass is 16.5. The van der Waals surface area contributed by atoms with Gasteiger partial charge in [-0.15, -0.1) is 0 Å². The third-order valence-corrected chi connectivity index (χ3v) is 3.13. The van der Waals surface area contributed by atoms with Gasteiger partial charge in [0.15, 0.2) is 5.78 Å². The summed E-state index contributed by atoms with van der Waals surface area (Å²) in [6, 6.07) is 9.50. The van der Waals surface area contributed by atoms with Crippen molar-refractivity contribution in [3.63, 3.8) is 0 Å². The number of hydrogen-bond donors (Lipinski definition) is 0. The Kier molecular flexibility index (Phi) is 2.59. The van der Waals surface area contributed by atoms with E-state index in [4.69, 9.17) is 4.74 Å². The fourth-order valence-corrected chi connectivity index (χ4v) is 2.19. The molecule has 1 aromatic heterocycles. The molecule has 1 aromatic carbocycles.